The number of benzene rings is 1. The molecule has 0 radical (unpaired) electrons. The lowest BCUT2D eigenvalue weighted by atomic mass is 10.2. The highest BCUT2D eigenvalue weighted by atomic mass is 16.5. The Hall–Kier alpha value is -1.72. The van der Waals surface area contributed by atoms with Gasteiger partial charge in [0.05, 0.1) is 6.61 Å². The van der Waals surface area contributed by atoms with E-state index in [4.69, 9.17) is 4.74 Å². The minimum Gasteiger partial charge on any atom is -0.368 e. The van der Waals surface area contributed by atoms with Crippen LogP contribution in [0.5, 0.6) is 0 Å². The molecule has 1 aliphatic rings. The summed E-state index contributed by atoms with van der Waals surface area (Å²) in [6, 6.07) is 10.1. The summed E-state index contributed by atoms with van der Waals surface area (Å²) in [4.78, 5) is 0. The molecule has 1 aliphatic heterocycles. The van der Waals surface area contributed by atoms with Crippen molar-refractivity contribution in [2.75, 3.05) is 19.7 Å². The highest BCUT2D eigenvalue weighted by Crippen LogP contribution is 2.21. The van der Waals surface area contributed by atoms with E-state index in [1.165, 1.54) is 0 Å². The number of aryl methyl sites for hydroxylation is 1. The Balaban J connectivity index is 2.01. The smallest absolute Gasteiger partial charge is 0.168 e. The van der Waals surface area contributed by atoms with Gasteiger partial charge in [-0.25, -0.2) is 0 Å². The highest BCUT2D eigenvalue weighted by Gasteiger charge is 2.23. The van der Waals surface area contributed by atoms with Gasteiger partial charge in [0.1, 0.15) is 11.9 Å². The standard InChI is InChI=1S/C13H16N4O/c1-10-15-16-13(12-9-14-7-8-18-12)17(10)11-5-3-2-4-6-11/h2-6,12,14H,7-9H2,1H3. The van der Waals surface area contributed by atoms with Gasteiger partial charge in [0, 0.05) is 18.8 Å². The number of nitrogens with zero attached hydrogens (tertiary/aromatic N) is 3. The van der Waals surface area contributed by atoms with E-state index in [2.05, 4.69) is 32.2 Å². The molecule has 3 rings (SSSR count). The Morgan fingerprint density at radius 3 is 2.83 bits per heavy atom. The average molecular weight is 244 g/mol. The zero-order valence-electron chi connectivity index (χ0n) is 10.3. The van der Waals surface area contributed by atoms with Crippen LogP contribution in [0.1, 0.15) is 17.8 Å². The van der Waals surface area contributed by atoms with Crippen molar-refractivity contribution < 1.29 is 4.74 Å². The maximum Gasteiger partial charge on any atom is 0.168 e. The number of hydrogen-bond acceptors (Lipinski definition) is 4. The van der Waals surface area contributed by atoms with Crippen molar-refractivity contribution in [1.29, 1.82) is 0 Å². The second-order valence-corrected chi connectivity index (χ2v) is 4.34. The van der Waals surface area contributed by atoms with Crippen LogP contribution in [-0.2, 0) is 4.74 Å². The van der Waals surface area contributed by atoms with Gasteiger partial charge in [0.2, 0.25) is 0 Å². The van der Waals surface area contributed by atoms with Crippen molar-refractivity contribution in [1.82, 2.24) is 20.1 Å². The van der Waals surface area contributed by atoms with Crippen molar-refractivity contribution in [3.63, 3.8) is 0 Å². The third-order valence-electron chi connectivity index (χ3n) is 3.08. The van der Waals surface area contributed by atoms with Gasteiger partial charge in [-0.2, -0.15) is 0 Å². The number of nitrogens with one attached hydrogen (secondary N) is 1. The lowest BCUT2D eigenvalue weighted by Gasteiger charge is -2.23. The zero-order chi connectivity index (χ0) is 12.4. The predicted molar refractivity (Wildman–Crippen MR) is 67.7 cm³/mol. The molecule has 94 valence electrons. The number of rotatable bonds is 2. The molecule has 1 aromatic heterocycles. The monoisotopic (exact) mass is 244 g/mol. The van der Waals surface area contributed by atoms with Crippen LogP contribution in [0.25, 0.3) is 5.69 Å². The molecule has 1 aromatic carbocycles. The maximum atomic E-state index is 5.75. The number of ether oxygens (including phenoxy) is 1. The summed E-state index contributed by atoms with van der Waals surface area (Å²) in [5.74, 6) is 1.75. The van der Waals surface area contributed by atoms with E-state index in [1.54, 1.807) is 0 Å². The quantitative estimate of drug-likeness (QED) is 0.863. The summed E-state index contributed by atoms with van der Waals surface area (Å²) < 4.78 is 7.81. The summed E-state index contributed by atoms with van der Waals surface area (Å²) >= 11 is 0. The molecule has 5 nitrogen and oxygen atoms in total. The minimum atomic E-state index is -0.0276. The largest absolute Gasteiger partial charge is 0.368 e. The van der Waals surface area contributed by atoms with E-state index >= 15 is 0 Å². The Kier molecular flexibility index (Phi) is 3.08. The summed E-state index contributed by atoms with van der Waals surface area (Å²) in [6.45, 7) is 4.35. The van der Waals surface area contributed by atoms with Gasteiger partial charge in [0.25, 0.3) is 0 Å². The first-order valence-corrected chi connectivity index (χ1v) is 6.16. The van der Waals surface area contributed by atoms with Gasteiger partial charge in [-0.3, -0.25) is 4.57 Å². The molecule has 0 saturated carbocycles. The Labute approximate surface area is 106 Å². The maximum absolute atomic E-state index is 5.75. The molecule has 1 atom stereocenters. The number of para-hydroxylation sites is 1. The van der Waals surface area contributed by atoms with Crippen LogP contribution >= 0.6 is 0 Å². The van der Waals surface area contributed by atoms with Crippen LogP contribution in [0, 0.1) is 6.92 Å². The van der Waals surface area contributed by atoms with Crippen molar-refractivity contribution >= 4 is 0 Å². The normalized spacial score (nSPS) is 19.9. The van der Waals surface area contributed by atoms with Gasteiger partial charge in [0.15, 0.2) is 5.82 Å². The summed E-state index contributed by atoms with van der Waals surface area (Å²) in [7, 11) is 0. The Bertz CT molecular complexity index is 517. The Morgan fingerprint density at radius 1 is 1.28 bits per heavy atom. The summed E-state index contributed by atoms with van der Waals surface area (Å²) in [5, 5.41) is 11.8. The molecule has 1 unspecified atom stereocenters. The molecule has 2 heterocycles. The molecule has 1 saturated heterocycles. The van der Waals surface area contributed by atoms with Gasteiger partial charge in [-0.05, 0) is 19.1 Å². The summed E-state index contributed by atoms with van der Waals surface area (Å²) in [5.41, 5.74) is 1.07. The summed E-state index contributed by atoms with van der Waals surface area (Å²) in [6.07, 6.45) is -0.0276. The van der Waals surface area contributed by atoms with Crippen molar-refractivity contribution in [3.05, 3.63) is 42.0 Å². The number of morpholine rings is 1. The highest BCUT2D eigenvalue weighted by molar-refractivity contribution is 5.34. The van der Waals surface area contributed by atoms with Crippen LogP contribution in [-0.4, -0.2) is 34.5 Å². The van der Waals surface area contributed by atoms with E-state index in [1.807, 2.05) is 25.1 Å². The predicted octanol–water partition coefficient (Wildman–Crippen LogP) is 1.24. The fourth-order valence-corrected chi connectivity index (χ4v) is 2.21. The van der Waals surface area contributed by atoms with E-state index in [9.17, 15) is 0 Å². The zero-order valence-corrected chi connectivity index (χ0v) is 10.3. The van der Waals surface area contributed by atoms with Gasteiger partial charge in [-0.15, -0.1) is 10.2 Å². The molecule has 2 aromatic rings. The van der Waals surface area contributed by atoms with Crippen LogP contribution < -0.4 is 5.32 Å². The molecule has 0 amide bonds. The third-order valence-corrected chi connectivity index (χ3v) is 3.08. The van der Waals surface area contributed by atoms with E-state index in [0.29, 0.717) is 6.61 Å². The van der Waals surface area contributed by atoms with Crippen LogP contribution in [0.4, 0.5) is 0 Å². The van der Waals surface area contributed by atoms with Crippen LogP contribution in [0.2, 0.25) is 0 Å². The van der Waals surface area contributed by atoms with Crippen LogP contribution in [0.15, 0.2) is 30.3 Å². The first-order valence-electron chi connectivity index (χ1n) is 6.16. The number of aromatic nitrogens is 3. The molecule has 0 aliphatic carbocycles. The second kappa shape index (κ2) is 4.88. The van der Waals surface area contributed by atoms with Crippen molar-refractivity contribution in [2.24, 2.45) is 0 Å². The second-order valence-electron chi connectivity index (χ2n) is 4.34. The van der Waals surface area contributed by atoms with Crippen LogP contribution in [0.3, 0.4) is 0 Å². The molecule has 5 heteroatoms. The fraction of sp³-hybridized carbons (Fsp3) is 0.385. The molecule has 18 heavy (non-hydrogen) atoms. The SMILES string of the molecule is Cc1nnc(C2CNCCO2)n1-c1ccccc1. The first kappa shape index (κ1) is 11.4. The molecular formula is C13H16N4O. The molecule has 1 N–H and O–H groups in total. The van der Waals surface area contributed by atoms with E-state index in [0.717, 1.165) is 30.4 Å². The van der Waals surface area contributed by atoms with Crippen molar-refractivity contribution in [2.45, 2.75) is 13.0 Å². The van der Waals surface area contributed by atoms with Gasteiger partial charge < -0.3 is 10.1 Å². The fourth-order valence-electron chi connectivity index (χ4n) is 2.21. The minimum absolute atomic E-state index is 0.0276. The van der Waals surface area contributed by atoms with E-state index in [-0.39, 0.29) is 6.10 Å². The topological polar surface area (TPSA) is 52.0 Å². The third kappa shape index (κ3) is 2.02. The van der Waals surface area contributed by atoms with Gasteiger partial charge in [-0.1, -0.05) is 18.2 Å². The lowest BCUT2D eigenvalue weighted by molar-refractivity contribution is 0.0210. The molecule has 0 spiro atoms. The van der Waals surface area contributed by atoms with Gasteiger partial charge >= 0.3 is 0 Å². The molecular weight excluding hydrogens is 228 g/mol. The first-order chi connectivity index (χ1) is 8.86. The van der Waals surface area contributed by atoms with E-state index < -0.39 is 0 Å². The number of hydrogen-bond donors (Lipinski definition) is 1. The molecule has 1 fully saturated rings. The Morgan fingerprint density at radius 2 is 2.11 bits per heavy atom. The van der Waals surface area contributed by atoms with Crippen molar-refractivity contribution in [3.8, 4) is 5.69 Å². The molecule has 0 bridgehead atoms. The average Bonchev–Trinajstić information content (AvgIpc) is 2.83. The lowest BCUT2D eigenvalue weighted by Crippen LogP contribution is -2.34.